The number of alkyl halides is 3. The zero-order valence-electron chi connectivity index (χ0n) is 16.4. The molecular weight excluding hydrogens is 372 g/mol. The van der Waals surface area contributed by atoms with E-state index in [0.717, 1.165) is 63.2 Å². The summed E-state index contributed by atoms with van der Waals surface area (Å²) in [5.74, 6) is -0.244. The Morgan fingerprint density at radius 1 is 1.00 bits per heavy atom. The Labute approximate surface area is 164 Å². The molecule has 0 heterocycles. The van der Waals surface area contributed by atoms with Crippen molar-refractivity contribution in [3.05, 3.63) is 29.6 Å². The highest BCUT2D eigenvalue weighted by atomic mass is 19.4. The normalized spacial score (nSPS) is 28.0. The van der Waals surface area contributed by atoms with Crippen LogP contribution in [0.5, 0.6) is 5.75 Å². The molecule has 0 radical (unpaired) electrons. The summed E-state index contributed by atoms with van der Waals surface area (Å²) in [6, 6.07) is 3.90. The molecule has 1 aromatic carbocycles. The van der Waals surface area contributed by atoms with E-state index in [-0.39, 0.29) is 5.92 Å². The van der Waals surface area contributed by atoms with Gasteiger partial charge in [-0.2, -0.15) is 0 Å². The highest BCUT2D eigenvalue weighted by Crippen LogP contribution is 2.47. The van der Waals surface area contributed by atoms with Crippen molar-refractivity contribution in [3.8, 4) is 5.75 Å². The van der Waals surface area contributed by atoms with Gasteiger partial charge in [0.25, 0.3) is 0 Å². The first-order valence-corrected chi connectivity index (χ1v) is 10.5. The van der Waals surface area contributed by atoms with Crippen LogP contribution in [0.15, 0.2) is 18.2 Å². The minimum absolute atomic E-state index is 0.206. The van der Waals surface area contributed by atoms with Crippen molar-refractivity contribution in [1.82, 2.24) is 0 Å². The minimum Gasteiger partial charge on any atom is -0.403 e. The van der Waals surface area contributed by atoms with Crippen LogP contribution in [0, 0.1) is 17.7 Å². The average Bonchev–Trinajstić information content (AvgIpc) is 2.65. The van der Waals surface area contributed by atoms with Crippen molar-refractivity contribution in [2.45, 2.75) is 83.1 Å². The molecule has 0 aromatic heterocycles. The van der Waals surface area contributed by atoms with Gasteiger partial charge in [0.05, 0.1) is 6.10 Å². The van der Waals surface area contributed by atoms with Gasteiger partial charge in [-0.15, -0.1) is 13.2 Å². The monoisotopic (exact) mass is 402 g/mol. The maximum Gasteiger partial charge on any atom is 0.573 e. The zero-order chi connectivity index (χ0) is 20.1. The molecule has 2 nitrogen and oxygen atoms in total. The minimum atomic E-state index is -4.88. The maximum atomic E-state index is 14.1. The van der Waals surface area contributed by atoms with Crippen molar-refractivity contribution in [3.63, 3.8) is 0 Å². The van der Waals surface area contributed by atoms with Crippen LogP contribution in [0.1, 0.15) is 76.2 Å². The lowest BCUT2D eigenvalue weighted by molar-refractivity contribution is -0.275. The molecule has 4 atom stereocenters. The number of unbranched alkanes of at least 4 members (excludes halogenated alkanes) is 2. The molecule has 6 heteroatoms. The Hall–Kier alpha value is -1.30. The van der Waals surface area contributed by atoms with Crippen LogP contribution in [0.2, 0.25) is 0 Å². The van der Waals surface area contributed by atoms with E-state index in [0.29, 0.717) is 17.9 Å². The van der Waals surface area contributed by atoms with Crippen molar-refractivity contribution >= 4 is 0 Å². The molecule has 158 valence electrons. The topological polar surface area (TPSA) is 18.5 Å². The highest BCUT2D eigenvalue weighted by molar-refractivity contribution is 5.32. The fourth-order valence-electron chi connectivity index (χ4n) is 4.88. The van der Waals surface area contributed by atoms with Gasteiger partial charge in [0.1, 0.15) is 0 Å². The van der Waals surface area contributed by atoms with Gasteiger partial charge < -0.3 is 9.47 Å². The smallest absolute Gasteiger partial charge is 0.403 e. The van der Waals surface area contributed by atoms with E-state index in [2.05, 4.69) is 11.7 Å². The molecule has 0 aliphatic heterocycles. The van der Waals surface area contributed by atoms with E-state index in [1.165, 1.54) is 18.9 Å². The fraction of sp³-hybridized carbons (Fsp3) is 0.727. The Kier molecular flexibility index (Phi) is 7.24. The third-order valence-corrected chi connectivity index (χ3v) is 6.32. The molecule has 2 aliphatic rings. The predicted octanol–water partition coefficient (Wildman–Crippen LogP) is 6.98. The summed E-state index contributed by atoms with van der Waals surface area (Å²) in [4.78, 5) is 0. The van der Waals surface area contributed by atoms with Crippen LogP contribution in [0.4, 0.5) is 17.6 Å². The number of fused-ring (bicyclic) bond motifs is 1. The molecule has 0 spiro atoms. The van der Waals surface area contributed by atoms with Crippen molar-refractivity contribution < 1.29 is 27.0 Å². The van der Waals surface area contributed by atoms with Gasteiger partial charge in [-0.1, -0.05) is 25.8 Å². The van der Waals surface area contributed by atoms with Gasteiger partial charge >= 0.3 is 6.36 Å². The molecule has 0 N–H and O–H groups in total. The molecule has 2 saturated carbocycles. The summed E-state index contributed by atoms with van der Waals surface area (Å²) >= 11 is 0. The third-order valence-electron chi connectivity index (χ3n) is 6.32. The van der Waals surface area contributed by atoms with E-state index in [4.69, 9.17) is 4.74 Å². The quantitative estimate of drug-likeness (QED) is 0.362. The van der Waals surface area contributed by atoms with Gasteiger partial charge in [0, 0.05) is 6.61 Å². The van der Waals surface area contributed by atoms with Crippen LogP contribution < -0.4 is 4.74 Å². The lowest BCUT2D eigenvalue weighted by atomic mass is 9.65. The van der Waals surface area contributed by atoms with E-state index in [9.17, 15) is 17.6 Å². The first-order valence-electron chi connectivity index (χ1n) is 10.5. The van der Waals surface area contributed by atoms with Crippen LogP contribution in [-0.4, -0.2) is 19.1 Å². The second-order valence-electron chi connectivity index (χ2n) is 8.28. The number of ether oxygens (including phenoxy) is 2. The van der Waals surface area contributed by atoms with Gasteiger partial charge in [-0.25, -0.2) is 4.39 Å². The molecule has 0 bridgehead atoms. The summed E-state index contributed by atoms with van der Waals surface area (Å²) in [7, 11) is 0. The van der Waals surface area contributed by atoms with E-state index >= 15 is 0 Å². The number of benzene rings is 1. The summed E-state index contributed by atoms with van der Waals surface area (Å²) in [5, 5.41) is 0. The molecule has 1 aromatic rings. The highest BCUT2D eigenvalue weighted by Gasteiger charge is 2.37. The molecule has 0 amide bonds. The summed E-state index contributed by atoms with van der Waals surface area (Å²) in [5.41, 5.74) is 0.781. The summed E-state index contributed by atoms with van der Waals surface area (Å²) in [6.45, 7) is 3.04. The number of rotatable bonds is 7. The second kappa shape index (κ2) is 9.47. The number of hydrogen-bond donors (Lipinski definition) is 0. The molecule has 0 saturated heterocycles. The lowest BCUT2D eigenvalue weighted by Gasteiger charge is -2.42. The predicted molar refractivity (Wildman–Crippen MR) is 99.8 cm³/mol. The van der Waals surface area contributed by atoms with Crippen LogP contribution in [0.3, 0.4) is 0 Å². The first-order chi connectivity index (χ1) is 13.4. The van der Waals surface area contributed by atoms with Gasteiger partial charge in [-0.3, -0.25) is 0 Å². The molecular formula is C22H30F4O2. The van der Waals surface area contributed by atoms with Crippen molar-refractivity contribution in [2.75, 3.05) is 6.61 Å². The van der Waals surface area contributed by atoms with Crippen molar-refractivity contribution in [1.29, 1.82) is 0 Å². The van der Waals surface area contributed by atoms with Crippen LogP contribution in [0.25, 0.3) is 0 Å². The Balaban J connectivity index is 1.53. The third kappa shape index (κ3) is 5.85. The molecule has 2 fully saturated rings. The number of hydrogen-bond acceptors (Lipinski definition) is 2. The van der Waals surface area contributed by atoms with Gasteiger partial charge in [0.15, 0.2) is 11.6 Å². The van der Waals surface area contributed by atoms with Crippen LogP contribution in [-0.2, 0) is 4.74 Å². The summed E-state index contributed by atoms with van der Waals surface area (Å²) < 4.78 is 60.8. The lowest BCUT2D eigenvalue weighted by Crippen LogP contribution is -2.34. The number of halogens is 4. The Bertz CT molecular complexity index is 631. The Morgan fingerprint density at radius 2 is 1.75 bits per heavy atom. The van der Waals surface area contributed by atoms with Crippen LogP contribution >= 0.6 is 0 Å². The first kappa shape index (κ1) is 21.4. The summed E-state index contributed by atoms with van der Waals surface area (Å²) in [6.07, 6.45) is 5.33. The molecule has 4 unspecified atom stereocenters. The fourth-order valence-corrected chi connectivity index (χ4v) is 4.88. The molecule has 28 heavy (non-hydrogen) atoms. The van der Waals surface area contributed by atoms with Gasteiger partial charge in [-0.05, 0) is 80.4 Å². The molecule has 2 aliphatic carbocycles. The van der Waals surface area contributed by atoms with E-state index in [1.807, 2.05) is 0 Å². The largest absolute Gasteiger partial charge is 0.573 e. The SMILES string of the molecule is CCCCCOC1CCC2CC(c3ccc(OC(F)(F)F)c(F)c3)CCC2C1. The maximum absolute atomic E-state index is 14.1. The average molecular weight is 402 g/mol. The zero-order valence-corrected chi connectivity index (χ0v) is 16.4. The second-order valence-corrected chi connectivity index (χ2v) is 8.28. The standard InChI is InChI=1S/C22H30F4O2/c1-2-3-4-11-27-19-9-7-16-12-15(5-6-17(16)13-19)18-8-10-21(20(23)14-18)28-22(24,25)26/h8,10,14-17,19H,2-7,9,11-13H2,1H3. The van der Waals surface area contributed by atoms with Crippen molar-refractivity contribution in [2.24, 2.45) is 11.8 Å². The van der Waals surface area contributed by atoms with E-state index < -0.39 is 17.9 Å². The Morgan fingerprint density at radius 3 is 2.46 bits per heavy atom. The van der Waals surface area contributed by atoms with E-state index in [1.54, 1.807) is 6.07 Å². The van der Waals surface area contributed by atoms with Gasteiger partial charge in [0.2, 0.25) is 0 Å². The molecule has 3 rings (SSSR count).